The van der Waals surface area contributed by atoms with E-state index in [1.165, 1.54) is 42.8 Å². The van der Waals surface area contributed by atoms with Crippen molar-refractivity contribution in [2.75, 3.05) is 33.9 Å². The topological polar surface area (TPSA) is 98.1 Å². The minimum Gasteiger partial charge on any atom is -0.497 e. The summed E-state index contributed by atoms with van der Waals surface area (Å²) in [6.07, 6.45) is 3.31. The molecule has 0 spiro atoms. The number of furan rings is 1. The first-order valence-corrected chi connectivity index (χ1v) is 13.5. The van der Waals surface area contributed by atoms with Crippen LogP contribution in [0.15, 0.2) is 69.0 Å². The molecule has 4 rings (SSSR count). The van der Waals surface area contributed by atoms with Crippen LogP contribution < -0.4 is 14.8 Å². The minimum atomic E-state index is -3.92. The summed E-state index contributed by atoms with van der Waals surface area (Å²) in [5, 5.41) is 3.03. The summed E-state index contributed by atoms with van der Waals surface area (Å²) in [5.74, 6) is 0.811. The number of piperidine rings is 1. The van der Waals surface area contributed by atoms with E-state index in [1.807, 2.05) is 18.2 Å². The van der Waals surface area contributed by atoms with Gasteiger partial charge >= 0.3 is 0 Å². The van der Waals surface area contributed by atoms with Crippen LogP contribution in [-0.2, 0) is 9.84 Å². The lowest BCUT2D eigenvalue weighted by atomic mass is 10.00. The minimum absolute atomic E-state index is 0.0310. The molecule has 0 radical (unpaired) electrons. The molecule has 1 amide bonds. The Morgan fingerprint density at radius 1 is 1.03 bits per heavy atom. The van der Waals surface area contributed by atoms with E-state index in [0.717, 1.165) is 31.5 Å². The molecule has 8 nitrogen and oxygen atoms in total. The Morgan fingerprint density at radius 3 is 2.42 bits per heavy atom. The van der Waals surface area contributed by atoms with Crippen LogP contribution in [0.4, 0.5) is 0 Å². The largest absolute Gasteiger partial charge is 0.497 e. The molecule has 1 aliphatic rings. The second kappa shape index (κ2) is 11.4. The molecule has 2 heterocycles. The summed E-state index contributed by atoms with van der Waals surface area (Å²) >= 11 is 5.86. The van der Waals surface area contributed by atoms with Crippen LogP contribution in [0, 0.1) is 0 Å². The predicted octanol–water partition coefficient (Wildman–Crippen LogP) is 4.74. The quantitative estimate of drug-likeness (QED) is 0.425. The molecule has 1 aliphatic heterocycles. The van der Waals surface area contributed by atoms with Gasteiger partial charge in [0, 0.05) is 17.1 Å². The van der Waals surface area contributed by atoms with Crippen molar-refractivity contribution in [1.29, 1.82) is 0 Å². The van der Waals surface area contributed by atoms with Gasteiger partial charge in [0.2, 0.25) is 14.9 Å². The summed E-state index contributed by atoms with van der Waals surface area (Å²) in [6, 6.07) is 13.9. The number of amides is 1. The van der Waals surface area contributed by atoms with Crippen molar-refractivity contribution in [3.8, 4) is 11.5 Å². The normalized spacial score (nSPS) is 15.3. The molecule has 192 valence electrons. The van der Waals surface area contributed by atoms with Crippen LogP contribution in [-0.4, -0.2) is 53.1 Å². The maximum Gasteiger partial charge on any atom is 0.287 e. The van der Waals surface area contributed by atoms with Gasteiger partial charge in [0.1, 0.15) is 11.5 Å². The maximum absolute atomic E-state index is 13.0. The number of carbonyl (C=O) groups excluding carboxylic acids is 1. The molecular weight excluding hydrogens is 504 g/mol. The van der Waals surface area contributed by atoms with Gasteiger partial charge in [0.25, 0.3) is 5.91 Å². The van der Waals surface area contributed by atoms with E-state index in [-0.39, 0.29) is 28.3 Å². The fourth-order valence-corrected chi connectivity index (χ4v) is 5.66. The fourth-order valence-electron chi connectivity index (χ4n) is 4.36. The Balaban J connectivity index is 1.54. The number of hydrogen-bond acceptors (Lipinski definition) is 7. The SMILES string of the molecule is COc1ccc(OC)c(C(CNC(=O)c2ccc(S(=O)(=O)c3ccc(Cl)cc3)o2)N2CCCCC2)c1. The predicted molar refractivity (Wildman–Crippen MR) is 136 cm³/mol. The van der Waals surface area contributed by atoms with E-state index in [1.54, 1.807) is 14.2 Å². The van der Waals surface area contributed by atoms with E-state index in [9.17, 15) is 13.2 Å². The molecule has 1 aromatic heterocycles. The van der Waals surface area contributed by atoms with Gasteiger partial charge in [-0.3, -0.25) is 9.69 Å². The number of carbonyl (C=O) groups is 1. The maximum atomic E-state index is 13.0. The van der Waals surface area contributed by atoms with Crippen LogP contribution in [0.25, 0.3) is 0 Å². The molecule has 3 aromatic rings. The number of hydrogen-bond donors (Lipinski definition) is 1. The average Bonchev–Trinajstić information content (AvgIpc) is 3.41. The Kier molecular flexibility index (Phi) is 8.23. The molecular formula is C26H29ClN2O6S. The van der Waals surface area contributed by atoms with Crippen molar-refractivity contribution >= 4 is 27.3 Å². The van der Waals surface area contributed by atoms with Gasteiger partial charge in [-0.05, 0) is 80.5 Å². The zero-order chi connectivity index (χ0) is 25.7. The lowest BCUT2D eigenvalue weighted by Gasteiger charge is -2.35. The van der Waals surface area contributed by atoms with Crippen molar-refractivity contribution in [3.05, 3.63) is 70.9 Å². The van der Waals surface area contributed by atoms with Gasteiger partial charge in [-0.25, -0.2) is 8.42 Å². The summed E-state index contributed by atoms with van der Waals surface area (Å²) in [4.78, 5) is 15.3. The molecule has 10 heteroatoms. The Bertz CT molecular complexity index is 1300. The number of benzene rings is 2. The first kappa shape index (κ1) is 26.1. The highest BCUT2D eigenvalue weighted by Crippen LogP contribution is 2.34. The number of nitrogens with zero attached hydrogens (tertiary/aromatic N) is 1. The van der Waals surface area contributed by atoms with E-state index in [4.69, 9.17) is 25.5 Å². The average molecular weight is 533 g/mol. The standard InChI is InChI=1S/C26H29ClN2O6S/c1-33-19-8-11-23(34-2)21(16-19)22(29-14-4-3-5-15-29)17-28-26(30)24-12-13-25(35-24)36(31,32)20-9-6-18(27)7-10-20/h6-13,16,22H,3-5,14-15,17H2,1-2H3,(H,28,30). The van der Waals surface area contributed by atoms with E-state index in [2.05, 4.69) is 10.2 Å². The molecule has 1 unspecified atom stereocenters. The van der Waals surface area contributed by atoms with Gasteiger partial charge in [-0.1, -0.05) is 18.0 Å². The number of nitrogens with one attached hydrogen (secondary N) is 1. The Hall–Kier alpha value is -3.01. The first-order valence-electron chi connectivity index (χ1n) is 11.7. The highest BCUT2D eigenvalue weighted by molar-refractivity contribution is 7.91. The third-order valence-corrected chi connectivity index (χ3v) is 8.17. The zero-order valence-corrected chi connectivity index (χ0v) is 21.8. The van der Waals surface area contributed by atoms with Crippen molar-refractivity contribution in [2.45, 2.75) is 35.3 Å². The lowest BCUT2D eigenvalue weighted by molar-refractivity contribution is 0.0890. The third kappa shape index (κ3) is 5.69. The van der Waals surface area contributed by atoms with Crippen LogP contribution in [0.2, 0.25) is 5.02 Å². The van der Waals surface area contributed by atoms with Crippen LogP contribution in [0.1, 0.15) is 41.4 Å². The van der Waals surface area contributed by atoms with Crippen LogP contribution in [0.3, 0.4) is 0 Å². The molecule has 1 atom stereocenters. The number of methoxy groups -OCH3 is 2. The first-order chi connectivity index (χ1) is 17.3. The highest BCUT2D eigenvalue weighted by Gasteiger charge is 2.28. The van der Waals surface area contributed by atoms with Crippen molar-refractivity contribution in [3.63, 3.8) is 0 Å². The number of likely N-dealkylation sites (tertiary alicyclic amines) is 1. The lowest BCUT2D eigenvalue weighted by Crippen LogP contribution is -2.40. The molecule has 2 aromatic carbocycles. The van der Waals surface area contributed by atoms with Crippen molar-refractivity contribution in [1.82, 2.24) is 10.2 Å². The molecule has 1 saturated heterocycles. The van der Waals surface area contributed by atoms with Gasteiger partial charge in [-0.2, -0.15) is 0 Å². The van der Waals surface area contributed by atoms with E-state index < -0.39 is 15.7 Å². The summed E-state index contributed by atoms with van der Waals surface area (Å²) in [5.41, 5.74) is 0.907. The Morgan fingerprint density at radius 2 is 1.75 bits per heavy atom. The fraction of sp³-hybridized carbons (Fsp3) is 0.346. The second-order valence-electron chi connectivity index (χ2n) is 8.51. The number of rotatable bonds is 9. The monoisotopic (exact) mass is 532 g/mol. The van der Waals surface area contributed by atoms with Gasteiger partial charge in [0.05, 0.1) is 25.2 Å². The third-order valence-electron chi connectivity index (χ3n) is 6.28. The number of halogens is 1. The molecule has 1 N–H and O–H groups in total. The Labute approximate surface area is 216 Å². The van der Waals surface area contributed by atoms with Crippen LogP contribution in [0.5, 0.6) is 11.5 Å². The molecule has 0 saturated carbocycles. The van der Waals surface area contributed by atoms with Crippen molar-refractivity contribution < 1.29 is 27.1 Å². The van der Waals surface area contributed by atoms with Crippen LogP contribution >= 0.6 is 11.6 Å². The summed E-state index contributed by atoms with van der Waals surface area (Å²) < 4.78 is 42.2. The summed E-state index contributed by atoms with van der Waals surface area (Å²) in [7, 11) is -0.700. The van der Waals surface area contributed by atoms with E-state index in [0.29, 0.717) is 16.5 Å². The van der Waals surface area contributed by atoms with Crippen molar-refractivity contribution in [2.24, 2.45) is 0 Å². The molecule has 0 aliphatic carbocycles. The van der Waals surface area contributed by atoms with Gasteiger partial charge in [0.15, 0.2) is 5.76 Å². The van der Waals surface area contributed by atoms with E-state index >= 15 is 0 Å². The summed E-state index contributed by atoms with van der Waals surface area (Å²) in [6.45, 7) is 2.07. The number of ether oxygens (including phenoxy) is 2. The highest BCUT2D eigenvalue weighted by atomic mass is 35.5. The molecule has 36 heavy (non-hydrogen) atoms. The smallest absolute Gasteiger partial charge is 0.287 e. The molecule has 1 fully saturated rings. The molecule has 0 bridgehead atoms. The number of sulfone groups is 1. The van der Waals surface area contributed by atoms with Gasteiger partial charge < -0.3 is 19.2 Å². The second-order valence-corrected chi connectivity index (χ2v) is 10.8. The van der Waals surface area contributed by atoms with Gasteiger partial charge in [-0.15, -0.1) is 0 Å². The zero-order valence-electron chi connectivity index (χ0n) is 20.2.